The molecule has 0 aliphatic carbocycles. The van der Waals surface area contributed by atoms with E-state index in [2.05, 4.69) is 10.3 Å². The van der Waals surface area contributed by atoms with Crippen LogP contribution in [-0.2, 0) is 11.2 Å². The molecule has 2 N–H and O–H groups in total. The zero-order chi connectivity index (χ0) is 18.7. The summed E-state index contributed by atoms with van der Waals surface area (Å²) in [4.78, 5) is 28.7. The van der Waals surface area contributed by atoms with Gasteiger partial charge in [0.25, 0.3) is 5.91 Å². The van der Waals surface area contributed by atoms with Crippen molar-refractivity contribution in [3.8, 4) is 5.75 Å². The molecule has 1 heterocycles. The summed E-state index contributed by atoms with van der Waals surface area (Å²) < 4.78 is 26.7. The maximum atomic E-state index is 13.8. The van der Waals surface area contributed by atoms with E-state index in [-0.39, 0.29) is 30.2 Å². The average molecular weight is 356 g/mol. The standard InChI is InChI=1S/C19H14F2N2O3/c20-12-6-4-11(5-7-12)10-16(25)18-14(8-9-22-18)23-19(26)17-13(21)2-1-3-15(17)24/h1-8,24H,9-10H2,(H,23,26). The number of halogens is 2. The smallest absolute Gasteiger partial charge is 0.262 e. The van der Waals surface area contributed by atoms with Crippen LogP contribution in [-0.4, -0.2) is 29.1 Å². The van der Waals surface area contributed by atoms with Gasteiger partial charge in [0.2, 0.25) is 0 Å². The van der Waals surface area contributed by atoms with E-state index < -0.39 is 28.9 Å². The maximum Gasteiger partial charge on any atom is 0.262 e. The first-order chi connectivity index (χ1) is 12.5. The van der Waals surface area contributed by atoms with E-state index in [0.717, 1.165) is 6.07 Å². The first-order valence-electron chi connectivity index (χ1n) is 7.77. The quantitative estimate of drug-likeness (QED) is 0.864. The molecule has 0 unspecified atom stereocenters. The van der Waals surface area contributed by atoms with Crippen molar-refractivity contribution < 1.29 is 23.5 Å². The molecule has 0 aromatic heterocycles. The second kappa shape index (κ2) is 7.26. The number of ketones is 1. The van der Waals surface area contributed by atoms with Crippen LogP contribution in [0, 0.1) is 11.6 Å². The Morgan fingerprint density at radius 1 is 1.12 bits per heavy atom. The lowest BCUT2D eigenvalue weighted by molar-refractivity contribution is -0.112. The SMILES string of the molecule is O=C(Cc1ccc(F)cc1)C1=NCC=C1NC(=O)c1c(O)cccc1F. The molecule has 2 aromatic rings. The van der Waals surface area contributed by atoms with Crippen molar-refractivity contribution in [1.82, 2.24) is 5.32 Å². The maximum absolute atomic E-state index is 13.8. The second-order valence-corrected chi connectivity index (χ2v) is 5.62. The van der Waals surface area contributed by atoms with E-state index >= 15 is 0 Å². The summed E-state index contributed by atoms with van der Waals surface area (Å²) in [6.45, 7) is 0.198. The van der Waals surface area contributed by atoms with Crippen LogP contribution in [0.15, 0.2) is 59.2 Å². The number of nitrogens with zero attached hydrogens (tertiary/aromatic N) is 1. The van der Waals surface area contributed by atoms with Crippen LogP contribution in [0.25, 0.3) is 0 Å². The summed E-state index contributed by atoms with van der Waals surface area (Å²) in [7, 11) is 0. The van der Waals surface area contributed by atoms with Gasteiger partial charge in [0.05, 0.1) is 12.2 Å². The van der Waals surface area contributed by atoms with Gasteiger partial charge in [0.1, 0.15) is 28.7 Å². The topological polar surface area (TPSA) is 78.8 Å². The van der Waals surface area contributed by atoms with Crippen LogP contribution in [0.2, 0.25) is 0 Å². The molecule has 0 bridgehead atoms. The van der Waals surface area contributed by atoms with Crippen molar-refractivity contribution in [2.75, 3.05) is 6.54 Å². The number of carbonyl (C=O) groups excluding carboxylic acids is 2. The Morgan fingerprint density at radius 2 is 1.85 bits per heavy atom. The number of phenols is 1. The van der Waals surface area contributed by atoms with Gasteiger partial charge in [0.15, 0.2) is 5.78 Å². The molecule has 0 spiro atoms. The van der Waals surface area contributed by atoms with Gasteiger partial charge in [-0.15, -0.1) is 0 Å². The highest BCUT2D eigenvalue weighted by Gasteiger charge is 2.24. The van der Waals surface area contributed by atoms with E-state index in [0.29, 0.717) is 5.56 Å². The predicted octanol–water partition coefficient (Wildman–Crippen LogP) is 2.55. The number of amides is 1. The number of nitrogens with one attached hydrogen (secondary N) is 1. The number of allylic oxidation sites excluding steroid dienone is 1. The lowest BCUT2D eigenvalue weighted by atomic mass is 10.0. The van der Waals surface area contributed by atoms with Gasteiger partial charge in [-0.2, -0.15) is 0 Å². The lowest BCUT2D eigenvalue weighted by Gasteiger charge is -2.10. The normalized spacial score (nSPS) is 13.2. The minimum atomic E-state index is -0.879. The lowest BCUT2D eigenvalue weighted by Crippen LogP contribution is -2.31. The number of rotatable bonds is 5. The molecular formula is C19H14F2N2O3. The number of Topliss-reactive ketones (excluding diaryl/α,β-unsaturated/α-hetero) is 1. The highest BCUT2D eigenvalue weighted by Crippen LogP contribution is 2.20. The Hall–Kier alpha value is -3.35. The van der Waals surface area contributed by atoms with Crippen molar-refractivity contribution in [3.05, 3.63) is 77.0 Å². The van der Waals surface area contributed by atoms with Crippen molar-refractivity contribution >= 4 is 17.4 Å². The van der Waals surface area contributed by atoms with Gasteiger partial charge in [-0.3, -0.25) is 14.6 Å². The molecule has 2 aromatic carbocycles. The van der Waals surface area contributed by atoms with Crippen LogP contribution >= 0.6 is 0 Å². The number of aliphatic imine (C=N–C) groups is 1. The molecule has 7 heteroatoms. The summed E-state index contributed by atoms with van der Waals surface area (Å²) in [6, 6.07) is 8.98. The third-order valence-electron chi connectivity index (χ3n) is 3.81. The number of hydrogen-bond donors (Lipinski definition) is 2. The van der Waals surface area contributed by atoms with Crippen molar-refractivity contribution in [1.29, 1.82) is 0 Å². The average Bonchev–Trinajstić information content (AvgIpc) is 3.05. The minimum absolute atomic E-state index is 0.0166. The van der Waals surface area contributed by atoms with Crippen molar-refractivity contribution in [2.45, 2.75) is 6.42 Å². The van der Waals surface area contributed by atoms with Crippen LogP contribution in [0.1, 0.15) is 15.9 Å². The highest BCUT2D eigenvalue weighted by molar-refractivity contribution is 6.47. The van der Waals surface area contributed by atoms with Crippen LogP contribution in [0.3, 0.4) is 0 Å². The Morgan fingerprint density at radius 3 is 2.54 bits per heavy atom. The van der Waals surface area contributed by atoms with E-state index in [1.54, 1.807) is 0 Å². The predicted molar refractivity (Wildman–Crippen MR) is 91.0 cm³/mol. The highest BCUT2D eigenvalue weighted by atomic mass is 19.1. The Bertz CT molecular complexity index is 914. The Balaban J connectivity index is 1.73. The zero-order valence-electron chi connectivity index (χ0n) is 13.5. The van der Waals surface area contributed by atoms with Gasteiger partial charge >= 0.3 is 0 Å². The Kier molecular flexibility index (Phi) is 4.88. The summed E-state index contributed by atoms with van der Waals surface area (Å²) in [5, 5.41) is 12.1. The first-order valence-corrected chi connectivity index (χ1v) is 7.77. The molecule has 1 aliphatic rings. The van der Waals surface area contributed by atoms with E-state index in [1.165, 1.54) is 42.5 Å². The van der Waals surface area contributed by atoms with Gasteiger partial charge in [-0.05, 0) is 35.9 Å². The molecule has 0 fully saturated rings. The number of phenolic OH excluding ortho intramolecular Hbond substituents is 1. The fraction of sp³-hybridized carbons (Fsp3) is 0.105. The molecule has 0 saturated carbocycles. The fourth-order valence-electron chi connectivity index (χ4n) is 2.55. The van der Waals surface area contributed by atoms with Gasteiger partial charge < -0.3 is 10.4 Å². The van der Waals surface area contributed by atoms with E-state index in [1.807, 2.05) is 0 Å². The van der Waals surface area contributed by atoms with Crippen LogP contribution in [0.4, 0.5) is 8.78 Å². The number of hydrogen-bond acceptors (Lipinski definition) is 4. The van der Waals surface area contributed by atoms with Crippen molar-refractivity contribution in [3.63, 3.8) is 0 Å². The molecule has 0 atom stereocenters. The first kappa shape index (κ1) is 17.5. The van der Waals surface area contributed by atoms with Gasteiger partial charge in [-0.25, -0.2) is 8.78 Å². The number of carbonyl (C=O) groups is 2. The largest absolute Gasteiger partial charge is 0.507 e. The molecule has 5 nitrogen and oxygen atoms in total. The molecule has 132 valence electrons. The molecule has 26 heavy (non-hydrogen) atoms. The van der Waals surface area contributed by atoms with Crippen LogP contribution in [0.5, 0.6) is 5.75 Å². The zero-order valence-corrected chi connectivity index (χ0v) is 13.5. The third kappa shape index (κ3) is 3.66. The molecule has 0 radical (unpaired) electrons. The van der Waals surface area contributed by atoms with Gasteiger partial charge in [0, 0.05) is 6.42 Å². The second-order valence-electron chi connectivity index (χ2n) is 5.62. The minimum Gasteiger partial charge on any atom is -0.507 e. The molecule has 3 rings (SSSR count). The van der Waals surface area contributed by atoms with Gasteiger partial charge in [-0.1, -0.05) is 18.2 Å². The summed E-state index contributed by atoms with van der Waals surface area (Å²) in [6.07, 6.45) is 1.50. The summed E-state index contributed by atoms with van der Waals surface area (Å²) in [5.74, 6) is -3.03. The third-order valence-corrected chi connectivity index (χ3v) is 3.81. The van der Waals surface area contributed by atoms with Crippen LogP contribution < -0.4 is 5.32 Å². The fourth-order valence-corrected chi connectivity index (χ4v) is 2.55. The van der Waals surface area contributed by atoms with E-state index in [4.69, 9.17) is 0 Å². The van der Waals surface area contributed by atoms with E-state index in [9.17, 15) is 23.5 Å². The molecular weight excluding hydrogens is 342 g/mol. The molecule has 0 saturated heterocycles. The number of benzene rings is 2. The number of aromatic hydroxyl groups is 1. The monoisotopic (exact) mass is 356 g/mol. The summed E-state index contributed by atoms with van der Waals surface area (Å²) in [5.41, 5.74) is 0.303. The Labute approximate surface area is 147 Å². The van der Waals surface area contributed by atoms with Crippen molar-refractivity contribution in [2.24, 2.45) is 4.99 Å². The summed E-state index contributed by atoms with van der Waals surface area (Å²) >= 11 is 0. The molecule has 1 amide bonds. The molecule has 1 aliphatic heterocycles.